The Bertz CT molecular complexity index is 1360. The number of rotatable bonds is 9. The molecule has 0 saturated carbocycles. The van der Waals surface area contributed by atoms with E-state index in [-0.39, 0.29) is 11.3 Å². The van der Waals surface area contributed by atoms with Crippen molar-refractivity contribution in [3.63, 3.8) is 0 Å². The lowest BCUT2D eigenvalue weighted by Gasteiger charge is -2.31. The number of morpholine rings is 1. The number of nitrogens with zero attached hydrogens (tertiary/aromatic N) is 4. The first-order valence-electron chi connectivity index (χ1n) is 13.4. The Morgan fingerprint density at radius 3 is 2.59 bits per heavy atom. The highest BCUT2D eigenvalue weighted by molar-refractivity contribution is 6.46. The lowest BCUT2D eigenvalue weighted by atomic mass is 9.95. The summed E-state index contributed by atoms with van der Waals surface area (Å²) in [5.41, 5.74) is 2.67. The summed E-state index contributed by atoms with van der Waals surface area (Å²) >= 11 is 0. The lowest BCUT2D eigenvalue weighted by Crippen LogP contribution is -2.42. The second-order valence-corrected chi connectivity index (χ2v) is 9.76. The molecule has 1 aromatic heterocycles. The van der Waals surface area contributed by atoms with E-state index in [0.29, 0.717) is 55.5 Å². The van der Waals surface area contributed by atoms with E-state index in [1.807, 2.05) is 68.4 Å². The number of likely N-dealkylation sites (tertiary alicyclic amines) is 1. The van der Waals surface area contributed by atoms with Crippen LogP contribution in [-0.2, 0) is 14.3 Å². The van der Waals surface area contributed by atoms with Gasteiger partial charge in [-0.25, -0.2) is 4.68 Å². The van der Waals surface area contributed by atoms with E-state index in [1.54, 1.807) is 9.58 Å². The van der Waals surface area contributed by atoms with Crippen LogP contribution >= 0.6 is 0 Å². The summed E-state index contributed by atoms with van der Waals surface area (Å²) in [4.78, 5) is 30.7. The Hall–Kier alpha value is -3.95. The molecule has 0 aliphatic carbocycles. The van der Waals surface area contributed by atoms with Gasteiger partial charge in [0.15, 0.2) is 0 Å². The molecule has 2 fully saturated rings. The molecule has 0 bridgehead atoms. The minimum absolute atomic E-state index is 0.0605. The van der Waals surface area contributed by atoms with E-state index in [4.69, 9.17) is 9.47 Å². The van der Waals surface area contributed by atoms with Crippen molar-refractivity contribution in [2.24, 2.45) is 0 Å². The molecule has 3 heterocycles. The van der Waals surface area contributed by atoms with Crippen LogP contribution in [0.25, 0.3) is 11.4 Å². The van der Waals surface area contributed by atoms with Gasteiger partial charge in [0, 0.05) is 26.2 Å². The van der Waals surface area contributed by atoms with Gasteiger partial charge in [0.2, 0.25) is 0 Å². The van der Waals surface area contributed by atoms with Crippen LogP contribution in [0, 0.1) is 6.92 Å². The van der Waals surface area contributed by atoms with Crippen LogP contribution in [-0.4, -0.2) is 82.4 Å². The third-order valence-electron chi connectivity index (χ3n) is 7.21. The molecule has 2 saturated heterocycles. The summed E-state index contributed by atoms with van der Waals surface area (Å²) in [5, 5.41) is 16.1. The highest BCUT2D eigenvalue weighted by Crippen LogP contribution is 2.40. The third kappa shape index (κ3) is 5.46. The molecule has 39 heavy (non-hydrogen) atoms. The molecule has 2 aromatic carbocycles. The second-order valence-electron chi connectivity index (χ2n) is 9.76. The first kappa shape index (κ1) is 26.6. The largest absolute Gasteiger partial charge is 0.507 e. The monoisotopic (exact) mass is 530 g/mol. The molecule has 204 valence electrons. The molecule has 1 atom stereocenters. The molecule has 9 heteroatoms. The number of para-hydroxylation sites is 1. The molecular formula is C30H34N4O5. The van der Waals surface area contributed by atoms with E-state index in [2.05, 4.69) is 10.00 Å². The Morgan fingerprint density at radius 1 is 1.08 bits per heavy atom. The van der Waals surface area contributed by atoms with Crippen LogP contribution in [0.15, 0.2) is 66.4 Å². The number of ketones is 1. The van der Waals surface area contributed by atoms with E-state index >= 15 is 0 Å². The number of aliphatic hydroxyl groups is 1. The normalized spacial score (nSPS) is 19.5. The van der Waals surface area contributed by atoms with Gasteiger partial charge in [-0.3, -0.25) is 14.5 Å². The topological polar surface area (TPSA) is 97.1 Å². The molecule has 1 N–H and O–H groups in total. The number of aliphatic hydroxyl groups excluding tert-OH is 1. The molecular weight excluding hydrogens is 496 g/mol. The lowest BCUT2D eigenvalue weighted by molar-refractivity contribution is -0.140. The summed E-state index contributed by atoms with van der Waals surface area (Å²) < 4.78 is 13.0. The standard InChI is InChI=1S/C30H34N4O5/c1-3-16-39-24-11-7-8-22(19-24)27-26(29(36)30(37)33(27)13-12-32-14-17-38-18-15-32)28(35)25-20-31-34(21(25)2)23-9-5-4-6-10-23/h4-11,19-20,27,35H,3,12-18H2,1-2H3/b28-26+. The van der Waals surface area contributed by atoms with Crippen LogP contribution in [0.5, 0.6) is 5.75 Å². The maximum atomic E-state index is 13.5. The zero-order valence-corrected chi connectivity index (χ0v) is 22.4. The predicted octanol–water partition coefficient (Wildman–Crippen LogP) is 3.72. The highest BCUT2D eigenvalue weighted by Gasteiger charge is 2.46. The number of benzene rings is 2. The molecule has 0 spiro atoms. The number of hydrogen-bond donors (Lipinski definition) is 1. The second kappa shape index (κ2) is 11.8. The molecule has 2 aliphatic heterocycles. The summed E-state index contributed by atoms with van der Waals surface area (Å²) in [5.74, 6) is -0.901. The van der Waals surface area contributed by atoms with Gasteiger partial charge in [0.1, 0.15) is 11.5 Å². The molecule has 9 nitrogen and oxygen atoms in total. The average Bonchev–Trinajstić information content (AvgIpc) is 3.48. The summed E-state index contributed by atoms with van der Waals surface area (Å²) in [6.07, 6.45) is 2.39. The summed E-state index contributed by atoms with van der Waals surface area (Å²) in [6.45, 7) is 8.18. The fourth-order valence-electron chi connectivity index (χ4n) is 5.14. The van der Waals surface area contributed by atoms with Crippen molar-refractivity contribution in [1.82, 2.24) is 19.6 Å². The number of aromatic nitrogens is 2. The van der Waals surface area contributed by atoms with Gasteiger partial charge in [-0.05, 0) is 43.2 Å². The van der Waals surface area contributed by atoms with Gasteiger partial charge in [-0.15, -0.1) is 0 Å². The summed E-state index contributed by atoms with van der Waals surface area (Å²) in [7, 11) is 0. The van der Waals surface area contributed by atoms with Crippen molar-refractivity contribution in [2.75, 3.05) is 46.0 Å². The average molecular weight is 531 g/mol. The van der Waals surface area contributed by atoms with Crippen LogP contribution in [0.4, 0.5) is 0 Å². The zero-order valence-electron chi connectivity index (χ0n) is 22.4. The van der Waals surface area contributed by atoms with Gasteiger partial charge < -0.3 is 19.5 Å². The van der Waals surface area contributed by atoms with Crippen molar-refractivity contribution in [2.45, 2.75) is 26.3 Å². The van der Waals surface area contributed by atoms with Crippen molar-refractivity contribution < 1.29 is 24.2 Å². The predicted molar refractivity (Wildman–Crippen MR) is 147 cm³/mol. The van der Waals surface area contributed by atoms with Gasteiger partial charge in [-0.1, -0.05) is 37.3 Å². The molecule has 2 aliphatic rings. The third-order valence-corrected chi connectivity index (χ3v) is 7.21. The fourth-order valence-corrected chi connectivity index (χ4v) is 5.14. The van der Waals surface area contributed by atoms with Crippen molar-refractivity contribution >= 4 is 17.4 Å². The van der Waals surface area contributed by atoms with E-state index in [0.717, 1.165) is 25.2 Å². The fraction of sp³-hybridized carbons (Fsp3) is 0.367. The number of Topliss-reactive ketones (excluding diaryl/α,β-unsaturated/α-hetero) is 1. The molecule has 3 aromatic rings. The van der Waals surface area contributed by atoms with E-state index in [1.165, 1.54) is 6.20 Å². The highest BCUT2D eigenvalue weighted by atomic mass is 16.5. The van der Waals surface area contributed by atoms with E-state index in [9.17, 15) is 14.7 Å². The molecule has 5 rings (SSSR count). The Labute approximate surface area is 228 Å². The quantitative estimate of drug-likeness (QED) is 0.256. The SMILES string of the molecule is CCCOc1cccc(C2/C(=C(\O)c3cnn(-c4ccccc4)c3C)C(=O)C(=O)N2CCN2CCOCC2)c1. The number of amides is 1. The van der Waals surface area contributed by atoms with Gasteiger partial charge >= 0.3 is 0 Å². The minimum atomic E-state index is -0.754. The van der Waals surface area contributed by atoms with Crippen molar-refractivity contribution in [3.8, 4) is 11.4 Å². The van der Waals surface area contributed by atoms with Crippen LogP contribution in [0.1, 0.15) is 36.2 Å². The van der Waals surface area contributed by atoms with Gasteiger partial charge in [-0.2, -0.15) is 5.10 Å². The van der Waals surface area contributed by atoms with Crippen molar-refractivity contribution in [1.29, 1.82) is 0 Å². The van der Waals surface area contributed by atoms with Crippen LogP contribution < -0.4 is 4.74 Å². The van der Waals surface area contributed by atoms with Gasteiger partial charge in [0.05, 0.1) is 54.6 Å². The van der Waals surface area contributed by atoms with Crippen LogP contribution in [0.2, 0.25) is 0 Å². The Balaban J connectivity index is 1.56. The first-order valence-corrected chi connectivity index (χ1v) is 13.4. The number of hydrogen-bond acceptors (Lipinski definition) is 7. The molecule has 1 unspecified atom stereocenters. The van der Waals surface area contributed by atoms with Gasteiger partial charge in [0.25, 0.3) is 11.7 Å². The maximum Gasteiger partial charge on any atom is 0.295 e. The maximum absolute atomic E-state index is 13.5. The Kier molecular flexibility index (Phi) is 8.09. The number of carbonyl (C=O) groups is 2. The van der Waals surface area contributed by atoms with Crippen molar-refractivity contribution in [3.05, 3.63) is 83.2 Å². The zero-order chi connectivity index (χ0) is 27.4. The number of ether oxygens (including phenoxy) is 2. The number of carbonyl (C=O) groups excluding carboxylic acids is 2. The summed E-state index contributed by atoms with van der Waals surface area (Å²) in [6, 6.07) is 16.2. The molecule has 1 amide bonds. The minimum Gasteiger partial charge on any atom is -0.507 e. The Morgan fingerprint density at radius 2 is 1.85 bits per heavy atom. The first-order chi connectivity index (χ1) is 19.0. The smallest absolute Gasteiger partial charge is 0.295 e. The molecule has 0 radical (unpaired) electrons. The van der Waals surface area contributed by atoms with E-state index < -0.39 is 17.7 Å². The van der Waals surface area contributed by atoms with Crippen LogP contribution in [0.3, 0.4) is 0 Å².